The van der Waals surface area contributed by atoms with Crippen molar-refractivity contribution in [1.82, 2.24) is 0 Å². The molecule has 3 aromatic rings. The molecular formula is C28H32F2OSi. The first-order chi connectivity index (χ1) is 15.5. The molecule has 0 bridgehead atoms. The van der Waals surface area contributed by atoms with Crippen molar-refractivity contribution < 1.29 is 13.9 Å². The van der Waals surface area contributed by atoms with Gasteiger partial charge in [-0.25, -0.2) is 8.78 Å². The Morgan fingerprint density at radius 2 is 1.47 bits per heavy atom. The van der Waals surface area contributed by atoms with Gasteiger partial charge in [-0.15, -0.1) is 0 Å². The Bertz CT molecular complexity index is 1000. The SMILES string of the molecule is CCCCC[Si]1(c2ccccc2)CCC(c2ccc(-c3cc(F)c(O)c(F)c3)cc2)CC1. The lowest BCUT2D eigenvalue weighted by Gasteiger charge is -2.39. The van der Waals surface area contributed by atoms with Crippen LogP contribution < -0.4 is 5.19 Å². The average Bonchev–Trinajstić information content (AvgIpc) is 2.83. The van der Waals surface area contributed by atoms with E-state index >= 15 is 0 Å². The summed E-state index contributed by atoms with van der Waals surface area (Å²) < 4.78 is 27.5. The fourth-order valence-electron chi connectivity index (χ4n) is 5.37. The molecule has 3 aromatic carbocycles. The number of rotatable bonds is 7. The number of halogens is 2. The highest BCUT2D eigenvalue weighted by molar-refractivity contribution is 6.92. The standard InChI is InChI=1S/C28H32F2OSi/c1-2-3-7-16-32(25-8-5-4-6-9-25)17-14-23(15-18-32)21-10-12-22(13-11-21)24-19-26(29)28(31)27(30)20-24/h4-6,8-13,19-20,23,31H,2-3,7,14-18H2,1H3. The van der Waals surface area contributed by atoms with E-state index in [1.54, 1.807) is 5.19 Å². The molecule has 1 heterocycles. The molecule has 1 aliphatic heterocycles. The number of aromatic hydroxyl groups is 1. The molecule has 0 radical (unpaired) electrons. The number of benzene rings is 3. The summed E-state index contributed by atoms with van der Waals surface area (Å²) in [5.41, 5.74) is 2.52. The number of phenolic OH excluding ortho intramolecular Hbond substituents is 1. The van der Waals surface area contributed by atoms with E-state index in [1.165, 1.54) is 67.9 Å². The van der Waals surface area contributed by atoms with Crippen molar-refractivity contribution in [3.63, 3.8) is 0 Å². The van der Waals surface area contributed by atoms with Gasteiger partial charge in [-0.3, -0.25) is 0 Å². The van der Waals surface area contributed by atoms with E-state index in [4.69, 9.17) is 0 Å². The first-order valence-electron chi connectivity index (χ1n) is 11.9. The van der Waals surface area contributed by atoms with Gasteiger partial charge in [-0.1, -0.05) is 104 Å². The largest absolute Gasteiger partial charge is 0.503 e. The third-order valence-electron chi connectivity index (χ3n) is 7.32. The van der Waals surface area contributed by atoms with Crippen LogP contribution in [0.3, 0.4) is 0 Å². The van der Waals surface area contributed by atoms with Crippen LogP contribution in [0.25, 0.3) is 11.1 Å². The molecule has 0 atom stereocenters. The molecule has 4 heteroatoms. The van der Waals surface area contributed by atoms with Crippen molar-refractivity contribution in [2.24, 2.45) is 0 Å². The molecule has 1 saturated heterocycles. The highest BCUT2D eigenvalue weighted by Gasteiger charge is 2.38. The van der Waals surface area contributed by atoms with Gasteiger partial charge in [0.1, 0.15) is 0 Å². The normalized spacial score (nSPS) is 20.9. The van der Waals surface area contributed by atoms with Crippen molar-refractivity contribution in [3.8, 4) is 16.9 Å². The predicted octanol–water partition coefficient (Wildman–Crippen LogP) is 7.76. The summed E-state index contributed by atoms with van der Waals surface area (Å²) in [6.07, 6.45) is 6.37. The molecule has 168 valence electrons. The van der Waals surface area contributed by atoms with Crippen LogP contribution in [-0.4, -0.2) is 13.2 Å². The van der Waals surface area contributed by atoms with Crippen molar-refractivity contribution in [1.29, 1.82) is 0 Å². The lowest BCUT2D eigenvalue weighted by atomic mass is 9.92. The summed E-state index contributed by atoms with van der Waals surface area (Å²) in [6.45, 7) is 2.28. The van der Waals surface area contributed by atoms with Gasteiger partial charge < -0.3 is 5.11 Å². The molecule has 0 unspecified atom stereocenters. The lowest BCUT2D eigenvalue weighted by molar-refractivity contribution is 0.396. The van der Waals surface area contributed by atoms with Gasteiger partial charge in [0, 0.05) is 0 Å². The molecule has 0 amide bonds. The van der Waals surface area contributed by atoms with Crippen LogP contribution in [0.5, 0.6) is 5.75 Å². The topological polar surface area (TPSA) is 20.2 Å². The summed E-state index contributed by atoms with van der Waals surface area (Å²) in [7, 11) is -1.46. The monoisotopic (exact) mass is 450 g/mol. The zero-order valence-electron chi connectivity index (χ0n) is 18.8. The molecule has 4 rings (SSSR count). The van der Waals surface area contributed by atoms with Crippen LogP contribution in [-0.2, 0) is 0 Å². The maximum absolute atomic E-state index is 13.7. The highest BCUT2D eigenvalue weighted by Crippen LogP contribution is 2.41. The molecule has 0 aromatic heterocycles. The fraction of sp³-hybridized carbons (Fsp3) is 0.357. The second-order valence-electron chi connectivity index (χ2n) is 9.29. The minimum absolute atomic E-state index is 0.444. The smallest absolute Gasteiger partial charge is 0.187 e. The summed E-state index contributed by atoms with van der Waals surface area (Å²) in [6, 6.07) is 25.8. The molecule has 32 heavy (non-hydrogen) atoms. The third kappa shape index (κ3) is 4.80. The van der Waals surface area contributed by atoms with E-state index < -0.39 is 25.5 Å². The zero-order valence-corrected chi connectivity index (χ0v) is 19.8. The summed E-state index contributed by atoms with van der Waals surface area (Å²) in [5, 5.41) is 11.0. The van der Waals surface area contributed by atoms with E-state index in [9.17, 15) is 13.9 Å². The number of phenols is 1. The van der Waals surface area contributed by atoms with Crippen molar-refractivity contribution in [2.75, 3.05) is 0 Å². The number of hydrogen-bond acceptors (Lipinski definition) is 1. The maximum atomic E-state index is 13.7. The van der Waals surface area contributed by atoms with Crippen molar-refractivity contribution in [2.45, 2.75) is 63.1 Å². The lowest BCUT2D eigenvalue weighted by Crippen LogP contribution is -2.49. The summed E-state index contributed by atoms with van der Waals surface area (Å²) in [4.78, 5) is 0. The van der Waals surface area contributed by atoms with Crippen LogP contribution in [0.2, 0.25) is 18.1 Å². The van der Waals surface area contributed by atoms with Gasteiger partial charge >= 0.3 is 0 Å². The Labute approximate surface area is 191 Å². The average molecular weight is 451 g/mol. The predicted molar refractivity (Wildman–Crippen MR) is 131 cm³/mol. The first-order valence-corrected chi connectivity index (χ1v) is 14.5. The Morgan fingerprint density at radius 3 is 2.06 bits per heavy atom. The van der Waals surface area contributed by atoms with Gasteiger partial charge in [0.05, 0.1) is 8.07 Å². The van der Waals surface area contributed by atoms with Crippen LogP contribution in [0.1, 0.15) is 50.5 Å². The van der Waals surface area contributed by atoms with Crippen LogP contribution >= 0.6 is 0 Å². The molecule has 0 spiro atoms. The van der Waals surface area contributed by atoms with Gasteiger partial charge in [0.15, 0.2) is 17.4 Å². The third-order valence-corrected chi connectivity index (χ3v) is 12.7. The Kier molecular flexibility index (Phi) is 7.09. The van der Waals surface area contributed by atoms with Crippen LogP contribution in [0.15, 0.2) is 66.7 Å². The van der Waals surface area contributed by atoms with Gasteiger partial charge in [0.25, 0.3) is 0 Å². The summed E-state index contributed by atoms with van der Waals surface area (Å²) in [5.74, 6) is -2.23. The van der Waals surface area contributed by atoms with E-state index in [0.29, 0.717) is 11.5 Å². The first kappa shape index (κ1) is 22.7. The van der Waals surface area contributed by atoms with E-state index in [0.717, 1.165) is 5.56 Å². The number of hydrogen-bond donors (Lipinski definition) is 1. The second kappa shape index (κ2) is 9.99. The van der Waals surface area contributed by atoms with E-state index in [2.05, 4.69) is 49.4 Å². The molecule has 0 aliphatic carbocycles. The highest BCUT2D eigenvalue weighted by atomic mass is 28.3. The Morgan fingerprint density at radius 1 is 0.844 bits per heavy atom. The number of unbranched alkanes of at least 4 members (excludes halogenated alkanes) is 2. The Hall–Kier alpha value is -2.46. The minimum atomic E-state index is -1.46. The zero-order chi connectivity index (χ0) is 22.6. The molecular weight excluding hydrogens is 418 g/mol. The second-order valence-corrected chi connectivity index (χ2v) is 13.9. The molecule has 1 fully saturated rings. The van der Waals surface area contributed by atoms with Gasteiger partial charge in [-0.05, 0) is 47.6 Å². The minimum Gasteiger partial charge on any atom is -0.503 e. The molecule has 1 aliphatic rings. The fourth-order valence-corrected chi connectivity index (χ4v) is 10.6. The molecule has 1 N–H and O–H groups in total. The van der Waals surface area contributed by atoms with E-state index in [-0.39, 0.29) is 0 Å². The summed E-state index contributed by atoms with van der Waals surface area (Å²) >= 11 is 0. The van der Waals surface area contributed by atoms with Gasteiger partial charge in [0.2, 0.25) is 0 Å². The Balaban J connectivity index is 1.48. The van der Waals surface area contributed by atoms with Crippen LogP contribution in [0, 0.1) is 11.6 Å². The van der Waals surface area contributed by atoms with Crippen molar-refractivity contribution >= 4 is 13.3 Å². The molecule has 1 nitrogen and oxygen atoms in total. The van der Waals surface area contributed by atoms with Gasteiger partial charge in [-0.2, -0.15) is 0 Å². The van der Waals surface area contributed by atoms with Crippen molar-refractivity contribution in [3.05, 3.63) is 83.9 Å². The quantitative estimate of drug-likeness (QED) is 0.288. The van der Waals surface area contributed by atoms with Crippen LogP contribution in [0.4, 0.5) is 8.78 Å². The molecule has 0 saturated carbocycles. The van der Waals surface area contributed by atoms with E-state index in [1.807, 2.05) is 12.1 Å². The maximum Gasteiger partial charge on any atom is 0.187 e.